The Labute approximate surface area is 163 Å². The van der Waals surface area contributed by atoms with E-state index in [-0.39, 0.29) is 6.10 Å². The van der Waals surface area contributed by atoms with E-state index in [0.717, 1.165) is 37.1 Å². The molecular formula is C20H36N6O. The fourth-order valence-corrected chi connectivity index (χ4v) is 4.22. The molecule has 0 radical (unpaired) electrons. The Morgan fingerprint density at radius 2 is 2.22 bits per heavy atom. The maximum absolute atomic E-state index is 5.96. The van der Waals surface area contributed by atoms with Crippen molar-refractivity contribution in [2.75, 3.05) is 52.9 Å². The minimum atomic E-state index is 0.0576. The number of likely N-dealkylation sites (tertiary alicyclic amines) is 1. The van der Waals surface area contributed by atoms with Gasteiger partial charge in [-0.25, -0.2) is 0 Å². The number of aryl methyl sites for hydroxylation is 1. The van der Waals surface area contributed by atoms with Gasteiger partial charge in [0.25, 0.3) is 0 Å². The van der Waals surface area contributed by atoms with Gasteiger partial charge in [0.15, 0.2) is 5.96 Å². The second-order valence-electron chi connectivity index (χ2n) is 8.34. The van der Waals surface area contributed by atoms with Crippen molar-refractivity contribution in [3.63, 3.8) is 0 Å². The minimum Gasteiger partial charge on any atom is -0.370 e. The summed E-state index contributed by atoms with van der Waals surface area (Å²) in [5.41, 5.74) is 1.13. The number of rotatable bonds is 5. The van der Waals surface area contributed by atoms with Crippen LogP contribution in [0, 0.1) is 11.8 Å². The molecule has 2 aliphatic rings. The van der Waals surface area contributed by atoms with Gasteiger partial charge >= 0.3 is 0 Å². The van der Waals surface area contributed by atoms with E-state index in [0.29, 0.717) is 12.5 Å². The third-order valence-electron chi connectivity index (χ3n) is 5.45. The van der Waals surface area contributed by atoms with Gasteiger partial charge in [0.1, 0.15) is 6.10 Å². The third kappa shape index (κ3) is 5.69. The Bertz CT molecular complexity index is 613. The van der Waals surface area contributed by atoms with E-state index in [1.165, 1.54) is 32.5 Å². The quantitative estimate of drug-likeness (QED) is 0.627. The molecule has 2 saturated heterocycles. The SMILES string of the molecule is CN=C(NCC1CCCN(CC(C)C)C1)N1CCOC(c2cnn(C)c2)C1. The Morgan fingerprint density at radius 3 is 2.93 bits per heavy atom. The highest BCUT2D eigenvalue weighted by atomic mass is 16.5. The largest absolute Gasteiger partial charge is 0.370 e. The number of aromatic nitrogens is 2. The average Bonchev–Trinajstić information content (AvgIpc) is 3.09. The molecule has 2 atom stereocenters. The molecule has 27 heavy (non-hydrogen) atoms. The molecule has 2 fully saturated rings. The number of nitrogens with zero attached hydrogens (tertiary/aromatic N) is 5. The lowest BCUT2D eigenvalue weighted by Gasteiger charge is -2.37. The van der Waals surface area contributed by atoms with Crippen molar-refractivity contribution in [1.29, 1.82) is 0 Å². The number of hydrogen-bond acceptors (Lipinski definition) is 4. The first-order valence-electron chi connectivity index (χ1n) is 10.3. The van der Waals surface area contributed by atoms with Gasteiger partial charge in [-0.2, -0.15) is 5.10 Å². The Hall–Kier alpha value is -1.60. The number of piperidine rings is 1. The van der Waals surface area contributed by atoms with Crippen LogP contribution in [0.4, 0.5) is 0 Å². The van der Waals surface area contributed by atoms with Crippen molar-refractivity contribution < 1.29 is 4.74 Å². The lowest BCUT2D eigenvalue weighted by Crippen LogP contribution is -2.50. The first kappa shape index (κ1) is 20.1. The molecule has 7 nitrogen and oxygen atoms in total. The Balaban J connectivity index is 1.51. The van der Waals surface area contributed by atoms with E-state index in [1.807, 2.05) is 31.2 Å². The monoisotopic (exact) mass is 376 g/mol. The van der Waals surface area contributed by atoms with Crippen LogP contribution in [-0.4, -0.2) is 78.5 Å². The molecule has 0 amide bonds. The average molecular weight is 377 g/mol. The third-order valence-corrected chi connectivity index (χ3v) is 5.45. The van der Waals surface area contributed by atoms with Gasteiger partial charge in [-0.1, -0.05) is 13.8 Å². The van der Waals surface area contributed by atoms with Crippen LogP contribution < -0.4 is 5.32 Å². The number of aliphatic imine (C=N–C) groups is 1. The van der Waals surface area contributed by atoms with Gasteiger partial charge in [0.05, 0.1) is 19.3 Å². The smallest absolute Gasteiger partial charge is 0.193 e. The van der Waals surface area contributed by atoms with E-state index in [9.17, 15) is 0 Å². The number of nitrogens with one attached hydrogen (secondary N) is 1. The zero-order chi connectivity index (χ0) is 19.2. The van der Waals surface area contributed by atoms with Gasteiger partial charge in [0.2, 0.25) is 0 Å². The molecule has 2 unspecified atom stereocenters. The summed E-state index contributed by atoms with van der Waals surface area (Å²) in [6, 6.07) is 0. The van der Waals surface area contributed by atoms with Crippen molar-refractivity contribution in [2.24, 2.45) is 23.9 Å². The highest BCUT2D eigenvalue weighted by molar-refractivity contribution is 5.80. The molecule has 0 saturated carbocycles. The molecule has 0 spiro atoms. The van der Waals surface area contributed by atoms with E-state index >= 15 is 0 Å². The second-order valence-corrected chi connectivity index (χ2v) is 8.34. The molecule has 3 heterocycles. The first-order chi connectivity index (χ1) is 13.0. The summed E-state index contributed by atoms with van der Waals surface area (Å²) < 4.78 is 7.79. The van der Waals surface area contributed by atoms with Crippen LogP contribution in [0.5, 0.6) is 0 Å². The van der Waals surface area contributed by atoms with E-state index in [2.05, 4.69) is 39.1 Å². The van der Waals surface area contributed by atoms with Gasteiger partial charge in [-0.05, 0) is 31.2 Å². The van der Waals surface area contributed by atoms with Crippen LogP contribution >= 0.6 is 0 Å². The van der Waals surface area contributed by atoms with Crippen molar-refractivity contribution in [3.8, 4) is 0 Å². The van der Waals surface area contributed by atoms with Gasteiger partial charge in [-0.3, -0.25) is 9.67 Å². The van der Waals surface area contributed by atoms with Crippen LogP contribution in [-0.2, 0) is 11.8 Å². The molecule has 0 aliphatic carbocycles. The Morgan fingerprint density at radius 1 is 1.37 bits per heavy atom. The lowest BCUT2D eigenvalue weighted by atomic mass is 9.97. The van der Waals surface area contributed by atoms with Crippen LogP contribution in [0.1, 0.15) is 38.4 Å². The molecule has 1 aromatic rings. The fourth-order valence-electron chi connectivity index (χ4n) is 4.22. The van der Waals surface area contributed by atoms with Crippen molar-refractivity contribution in [2.45, 2.75) is 32.8 Å². The summed E-state index contributed by atoms with van der Waals surface area (Å²) in [5.74, 6) is 2.43. The minimum absolute atomic E-state index is 0.0576. The molecule has 1 aromatic heterocycles. The standard InChI is InChI=1S/C20H36N6O/c1-16(2)12-25-7-5-6-17(13-25)10-22-20(21-3)26-8-9-27-19(15-26)18-11-23-24(4)14-18/h11,14,16-17,19H,5-10,12-13,15H2,1-4H3,(H,21,22). The van der Waals surface area contributed by atoms with Crippen LogP contribution in [0.3, 0.4) is 0 Å². The molecule has 0 bridgehead atoms. The number of ether oxygens (including phenoxy) is 1. The number of guanidine groups is 1. The van der Waals surface area contributed by atoms with E-state index in [4.69, 9.17) is 4.74 Å². The number of morpholine rings is 1. The zero-order valence-corrected chi connectivity index (χ0v) is 17.4. The van der Waals surface area contributed by atoms with E-state index in [1.54, 1.807) is 0 Å². The number of hydrogen-bond donors (Lipinski definition) is 1. The summed E-state index contributed by atoms with van der Waals surface area (Å²) in [6.07, 6.45) is 6.60. The van der Waals surface area contributed by atoms with Crippen molar-refractivity contribution in [3.05, 3.63) is 18.0 Å². The maximum atomic E-state index is 5.96. The first-order valence-corrected chi connectivity index (χ1v) is 10.3. The molecule has 2 aliphatic heterocycles. The van der Waals surface area contributed by atoms with Crippen LogP contribution in [0.2, 0.25) is 0 Å². The van der Waals surface area contributed by atoms with Crippen molar-refractivity contribution in [1.82, 2.24) is 24.9 Å². The summed E-state index contributed by atoms with van der Waals surface area (Å²) in [6.45, 7) is 11.7. The maximum Gasteiger partial charge on any atom is 0.193 e. The predicted molar refractivity (Wildman–Crippen MR) is 109 cm³/mol. The van der Waals surface area contributed by atoms with Gasteiger partial charge in [-0.15, -0.1) is 0 Å². The van der Waals surface area contributed by atoms with Crippen molar-refractivity contribution >= 4 is 5.96 Å². The summed E-state index contributed by atoms with van der Waals surface area (Å²) in [7, 11) is 3.82. The van der Waals surface area contributed by atoms with Gasteiger partial charge < -0.3 is 19.9 Å². The van der Waals surface area contributed by atoms with E-state index < -0.39 is 0 Å². The predicted octanol–water partition coefficient (Wildman–Crippen LogP) is 1.74. The molecule has 3 rings (SSSR count). The fraction of sp³-hybridized carbons (Fsp3) is 0.800. The zero-order valence-electron chi connectivity index (χ0n) is 17.4. The summed E-state index contributed by atoms with van der Waals surface area (Å²) >= 11 is 0. The molecule has 0 aromatic carbocycles. The highest BCUT2D eigenvalue weighted by Gasteiger charge is 2.26. The van der Waals surface area contributed by atoms with Gasteiger partial charge in [0, 0.05) is 52.0 Å². The molecule has 152 valence electrons. The summed E-state index contributed by atoms with van der Waals surface area (Å²) in [5, 5.41) is 7.91. The normalized spacial score (nSPS) is 25.2. The topological polar surface area (TPSA) is 57.9 Å². The molecule has 7 heteroatoms. The lowest BCUT2D eigenvalue weighted by molar-refractivity contribution is -0.00814. The Kier molecular flexibility index (Phi) is 7.13. The van der Waals surface area contributed by atoms with Crippen LogP contribution in [0.25, 0.3) is 0 Å². The van der Waals surface area contributed by atoms with Crippen LogP contribution in [0.15, 0.2) is 17.4 Å². The highest BCUT2D eigenvalue weighted by Crippen LogP contribution is 2.22. The summed E-state index contributed by atoms with van der Waals surface area (Å²) in [4.78, 5) is 9.48. The molecular weight excluding hydrogens is 340 g/mol. The second kappa shape index (κ2) is 9.55. The molecule has 1 N–H and O–H groups in total.